The Bertz CT molecular complexity index is 416. The van der Waals surface area contributed by atoms with Crippen LogP contribution in [0.5, 0.6) is 0 Å². The largest absolute Gasteiger partial charge is 0.481 e. The van der Waals surface area contributed by atoms with Crippen molar-refractivity contribution >= 4 is 11.9 Å². The molecule has 1 aromatic heterocycles. The van der Waals surface area contributed by atoms with Gasteiger partial charge in [0.15, 0.2) is 5.82 Å². The van der Waals surface area contributed by atoms with Crippen LogP contribution in [-0.4, -0.2) is 25.9 Å². The number of nitrogen functional groups attached to an aromatic ring is 2. The number of aliphatic carboxylic acids is 1. The molecule has 0 aliphatic heterocycles. The highest BCUT2D eigenvalue weighted by Gasteiger charge is 2.40. The fraction of sp³-hybridized carbons (Fsp3) is 0.667. The predicted molar refractivity (Wildman–Crippen MR) is 56.8 cm³/mol. The zero-order chi connectivity index (χ0) is 11.9. The van der Waals surface area contributed by atoms with Gasteiger partial charge >= 0.3 is 5.97 Å². The summed E-state index contributed by atoms with van der Waals surface area (Å²) in [6, 6.07) is 0. The van der Waals surface area contributed by atoms with E-state index in [4.69, 9.17) is 16.7 Å². The van der Waals surface area contributed by atoms with E-state index in [1.165, 1.54) is 4.68 Å². The van der Waals surface area contributed by atoms with Crippen molar-refractivity contribution in [2.45, 2.75) is 25.7 Å². The van der Waals surface area contributed by atoms with Gasteiger partial charge in [-0.2, -0.15) is 0 Å². The quantitative estimate of drug-likeness (QED) is 0.599. The van der Waals surface area contributed by atoms with Crippen LogP contribution in [0.15, 0.2) is 0 Å². The lowest BCUT2D eigenvalue weighted by molar-refractivity contribution is -0.142. The van der Waals surface area contributed by atoms with E-state index in [1.807, 2.05) is 6.92 Å². The topological polar surface area (TPSA) is 120 Å². The summed E-state index contributed by atoms with van der Waals surface area (Å²) < 4.78 is 1.18. The van der Waals surface area contributed by atoms with E-state index in [1.54, 1.807) is 0 Å². The van der Waals surface area contributed by atoms with Gasteiger partial charge in [0.05, 0.1) is 5.92 Å². The first-order valence-corrected chi connectivity index (χ1v) is 5.19. The van der Waals surface area contributed by atoms with Crippen LogP contribution in [0.1, 0.15) is 31.5 Å². The van der Waals surface area contributed by atoms with Crippen molar-refractivity contribution in [3.63, 3.8) is 0 Å². The predicted octanol–water partition coefficient (Wildman–Crippen LogP) is -0.212. The molecule has 0 radical (unpaired) electrons. The number of rotatable bonds is 2. The van der Waals surface area contributed by atoms with E-state index in [0.717, 1.165) is 6.42 Å². The highest BCUT2D eigenvalue weighted by Crippen LogP contribution is 2.42. The second kappa shape index (κ2) is 3.66. The Kier molecular flexibility index (Phi) is 2.45. The summed E-state index contributed by atoms with van der Waals surface area (Å²) in [5.74, 6) is 5.15. The molecule has 0 spiro atoms. The number of aromatic nitrogens is 3. The Balaban J connectivity index is 2.32. The molecule has 7 nitrogen and oxygen atoms in total. The first-order valence-electron chi connectivity index (χ1n) is 5.19. The molecule has 5 N–H and O–H groups in total. The lowest BCUT2D eigenvalue weighted by atomic mass is 9.95. The molecule has 1 saturated carbocycles. The SMILES string of the molecule is CC1CC(C(=O)O)C(c2nnc(N)n2N)C1. The van der Waals surface area contributed by atoms with Crippen LogP contribution >= 0.6 is 0 Å². The maximum Gasteiger partial charge on any atom is 0.307 e. The molecule has 0 aromatic carbocycles. The summed E-state index contributed by atoms with van der Waals surface area (Å²) >= 11 is 0. The maximum atomic E-state index is 11.1. The molecule has 0 bridgehead atoms. The summed E-state index contributed by atoms with van der Waals surface area (Å²) in [6.07, 6.45) is 1.40. The summed E-state index contributed by atoms with van der Waals surface area (Å²) in [5, 5.41) is 16.6. The summed E-state index contributed by atoms with van der Waals surface area (Å²) in [7, 11) is 0. The minimum atomic E-state index is -0.809. The number of nitrogens with zero attached hydrogens (tertiary/aromatic N) is 3. The van der Waals surface area contributed by atoms with Crippen LogP contribution in [0.25, 0.3) is 0 Å². The molecule has 1 aromatic rings. The molecule has 2 rings (SSSR count). The highest BCUT2D eigenvalue weighted by molar-refractivity contribution is 5.71. The van der Waals surface area contributed by atoms with Gasteiger partial charge in [-0.05, 0) is 18.8 Å². The van der Waals surface area contributed by atoms with Crippen molar-refractivity contribution in [2.24, 2.45) is 11.8 Å². The Morgan fingerprint density at radius 3 is 2.69 bits per heavy atom. The van der Waals surface area contributed by atoms with Crippen molar-refractivity contribution in [1.82, 2.24) is 14.9 Å². The second-order valence-corrected chi connectivity index (χ2v) is 4.41. The monoisotopic (exact) mass is 225 g/mol. The molecule has 1 aliphatic rings. The van der Waals surface area contributed by atoms with Crippen LogP contribution in [0, 0.1) is 11.8 Å². The summed E-state index contributed by atoms with van der Waals surface area (Å²) in [4.78, 5) is 11.1. The van der Waals surface area contributed by atoms with Crippen molar-refractivity contribution in [3.8, 4) is 0 Å². The number of hydrogen-bond donors (Lipinski definition) is 3. The van der Waals surface area contributed by atoms with Crippen molar-refractivity contribution in [2.75, 3.05) is 11.6 Å². The lowest BCUT2D eigenvalue weighted by Crippen LogP contribution is -2.23. The third kappa shape index (κ3) is 1.58. The van der Waals surface area contributed by atoms with Crippen LogP contribution in [0.3, 0.4) is 0 Å². The Labute approximate surface area is 92.4 Å². The summed E-state index contributed by atoms with van der Waals surface area (Å²) in [6.45, 7) is 2.02. The van der Waals surface area contributed by atoms with Gasteiger partial charge in [-0.1, -0.05) is 6.92 Å². The van der Waals surface area contributed by atoms with Crippen molar-refractivity contribution in [3.05, 3.63) is 5.82 Å². The van der Waals surface area contributed by atoms with Gasteiger partial charge in [0, 0.05) is 5.92 Å². The number of nitrogens with two attached hydrogens (primary N) is 2. The zero-order valence-corrected chi connectivity index (χ0v) is 9.00. The first kappa shape index (κ1) is 10.7. The average molecular weight is 225 g/mol. The highest BCUT2D eigenvalue weighted by atomic mass is 16.4. The van der Waals surface area contributed by atoms with Crippen molar-refractivity contribution < 1.29 is 9.90 Å². The average Bonchev–Trinajstić information content (AvgIpc) is 2.73. The van der Waals surface area contributed by atoms with E-state index in [-0.39, 0.29) is 11.9 Å². The molecule has 1 aliphatic carbocycles. The molecule has 1 heterocycles. The first-order chi connectivity index (χ1) is 7.50. The smallest absolute Gasteiger partial charge is 0.307 e. The minimum Gasteiger partial charge on any atom is -0.481 e. The Morgan fingerprint density at radius 2 is 2.19 bits per heavy atom. The van der Waals surface area contributed by atoms with Gasteiger partial charge in [0.25, 0.3) is 0 Å². The lowest BCUT2D eigenvalue weighted by Gasteiger charge is -2.13. The minimum absolute atomic E-state index is 0.110. The van der Waals surface area contributed by atoms with Gasteiger partial charge < -0.3 is 16.7 Å². The molecule has 3 unspecified atom stereocenters. The standard InChI is InChI=1S/C9H15N5O2/c1-4-2-5(6(3-4)8(15)16)7-12-13-9(10)14(7)11/h4-6H,2-3,11H2,1H3,(H2,10,13)(H,15,16). The van der Waals surface area contributed by atoms with Crippen LogP contribution < -0.4 is 11.6 Å². The van der Waals surface area contributed by atoms with E-state index in [9.17, 15) is 4.79 Å². The Hall–Kier alpha value is -1.79. The number of carboxylic acid groups (broad SMARTS) is 1. The molecule has 88 valence electrons. The number of hydrogen-bond acceptors (Lipinski definition) is 5. The van der Waals surface area contributed by atoms with E-state index in [0.29, 0.717) is 18.2 Å². The van der Waals surface area contributed by atoms with Gasteiger partial charge in [-0.3, -0.25) is 4.79 Å². The summed E-state index contributed by atoms with van der Waals surface area (Å²) in [5.41, 5.74) is 5.48. The van der Waals surface area contributed by atoms with Crippen LogP contribution in [0.4, 0.5) is 5.95 Å². The molecule has 3 atom stereocenters. The van der Waals surface area contributed by atoms with Gasteiger partial charge in [0.1, 0.15) is 0 Å². The van der Waals surface area contributed by atoms with Crippen molar-refractivity contribution in [1.29, 1.82) is 0 Å². The molecule has 16 heavy (non-hydrogen) atoms. The van der Waals surface area contributed by atoms with Gasteiger partial charge in [-0.25, -0.2) is 4.68 Å². The molecular weight excluding hydrogens is 210 g/mol. The molecular formula is C9H15N5O2. The molecule has 0 saturated heterocycles. The van der Waals surface area contributed by atoms with E-state index in [2.05, 4.69) is 10.2 Å². The third-order valence-electron chi connectivity index (χ3n) is 3.20. The van der Waals surface area contributed by atoms with E-state index < -0.39 is 11.9 Å². The Morgan fingerprint density at radius 1 is 1.50 bits per heavy atom. The molecule has 0 amide bonds. The molecule has 1 fully saturated rings. The normalized spacial score (nSPS) is 29.4. The van der Waals surface area contributed by atoms with Gasteiger partial charge in [0.2, 0.25) is 5.95 Å². The number of carboxylic acids is 1. The van der Waals surface area contributed by atoms with Gasteiger partial charge in [-0.15, -0.1) is 10.2 Å². The number of anilines is 1. The van der Waals surface area contributed by atoms with Crippen LogP contribution in [-0.2, 0) is 4.79 Å². The number of carbonyl (C=O) groups is 1. The molecule has 7 heteroatoms. The fourth-order valence-electron chi connectivity index (χ4n) is 2.42. The maximum absolute atomic E-state index is 11.1. The zero-order valence-electron chi connectivity index (χ0n) is 9.00. The van der Waals surface area contributed by atoms with E-state index >= 15 is 0 Å². The fourth-order valence-corrected chi connectivity index (χ4v) is 2.42. The van der Waals surface area contributed by atoms with Crippen LogP contribution in [0.2, 0.25) is 0 Å². The third-order valence-corrected chi connectivity index (χ3v) is 3.20. The second-order valence-electron chi connectivity index (χ2n) is 4.41.